The molecule has 2 N–H and O–H groups in total. The molecule has 0 aliphatic carbocycles. The van der Waals surface area contributed by atoms with Crippen LogP contribution < -0.4 is 5.32 Å². The van der Waals surface area contributed by atoms with E-state index in [1.807, 2.05) is 0 Å². The standard InChI is InChI=1S/C9H13NO2S/c11-9(12)8-5-7(6-10-8)13-3-1-2-4-13/h1-4,7-8,10,13H,5-6H2,(H,11,12)/t7-,8-/m0/s1. The molecule has 72 valence electrons. The second-order valence-electron chi connectivity index (χ2n) is 3.32. The third-order valence-electron chi connectivity index (χ3n) is 2.45. The molecule has 0 aromatic heterocycles. The summed E-state index contributed by atoms with van der Waals surface area (Å²) < 4.78 is 0. The average Bonchev–Trinajstić information content (AvgIpc) is 2.75. The highest BCUT2D eigenvalue weighted by Gasteiger charge is 2.31. The maximum Gasteiger partial charge on any atom is 0.320 e. The lowest BCUT2D eigenvalue weighted by molar-refractivity contribution is -0.139. The molecule has 0 amide bonds. The molecule has 2 aliphatic heterocycles. The minimum Gasteiger partial charge on any atom is -0.480 e. The number of nitrogens with one attached hydrogen (secondary N) is 1. The van der Waals surface area contributed by atoms with Gasteiger partial charge in [-0.1, -0.05) is 12.2 Å². The van der Waals surface area contributed by atoms with Crippen LogP contribution >= 0.6 is 10.9 Å². The molecule has 3 nitrogen and oxygen atoms in total. The Hall–Kier alpha value is -0.740. The van der Waals surface area contributed by atoms with Gasteiger partial charge in [0.25, 0.3) is 0 Å². The fourth-order valence-corrected chi connectivity index (χ4v) is 3.68. The zero-order valence-electron chi connectivity index (χ0n) is 7.18. The molecule has 2 heterocycles. The lowest BCUT2D eigenvalue weighted by Crippen LogP contribution is -2.29. The van der Waals surface area contributed by atoms with Crippen LogP contribution in [0.3, 0.4) is 0 Å². The summed E-state index contributed by atoms with van der Waals surface area (Å²) in [5, 5.41) is 16.7. The zero-order valence-corrected chi connectivity index (χ0v) is 8.08. The van der Waals surface area contributed by atoms with E-state index in [-0.39, 0.29) is 16.9 Å². The predicted octanol–water partition coefficient (Wildman–Crippen LogP) is 0.844. The van der Waals surface area contributed by atoms with E-state index in [1.165, 1.54) is 0 Å². The molecule has 1 saturated heterocycles. The molecule has 0 saturated carbocycles. The Morgan fingerprint density at radius 3 is 2.69 bits per heavy atom. The smallest absolute Gasteiger partial charge is 0.320 e. The zero-order chi connectivity index (χ0) is 9.26. The van der Waals surface area contributed by atoms with Gasteiger partial charge in [0.2, 0.25) is 0 Å². The molecule has 0 radical (unpaired) electrons. The SMILES string of the molecule is O=C(O)[C@@H]1C[C@H]([SH]2C=CC=C2)CN1. The van der Waals surface area contributed by atoms with Gasteiger partial charge in [-0.2, -0.15) is 0 Å². The van der Waals surface area contributed by atoms with Crippen molar-refractivity contribution in [3.8, 4) is 0 Å². The monoisotopic (exact) mass is 199 g/mol. The molecule has 13 heavy (non-hydrogen) atoms. The Labute approximate surface area is 79.9 Å². The molecule has 2 atom stereocenters. The van der Waals surface area contributed by atoms with Gasteiger partial charge in [0.1, 0.15) is 6.04 Å². The number of carbonyl (C=O) groups is 1. The van der Waals surface area contributed by atoms with E-state index >= 15 is 0 Å². The Kier molecular flexibility index (Phi) is 2.42. The molecule has 4 heteroatoms. The van der Waals surface area contributed by atoms with E-state index in [4.69, 9.17) is 5.11 Å². The van der Waals surface area contributed by atoms with E-state index in [0.29, 0.717) is 5.25 Å². The van der Waals surface area contributed by atoms with Gasteiger partial charge in [0.05, 0.1) is 0 Å². The van der Waals surface area contributed by atoms with Crippen LogP contribution in [0.15, 0.2) is 23.0 Å². The summed E-state index contributed by atoms with van der Waals surface area (Å²) in [6.45, 7) is 0.845. The number of hydrogen-bond donors (Lipinski definition) is 3. The van der Waals surface area contributed by atoms with Crippen molar-refractivity contribution in [2.45, 2.75) is 17.7 Å². The quantitative estimate of drug-likeness (QED) is 0.578. The third kappa shape index (κ3) is 1.78. The molecule has 0 spiro atoms. The van der Waals surface area contributed by atoms with Gasteiger partial charge in [0, 0.05) is 11.8 Å². The van der Waals surface area contributed by atoms with Crippen LogP contribution in [0.2, 0.25) is 0 Å². The summed E-state index contributed by atoms with van der Waals surface area (Å²) >= 11 is 0. The Morgan fingerprint density at radius 2 is 2.15 bits per heavy atom. The van der Waals surface area contributed by atoms with E-state index < -0.39 is 5.97 Å². The van der Waals surface area contributed by atoms with Gasteiger partial charge in [-0.05, 0) is 17.2 Å². The second-order valence-corrected chi connectivity index (χ2v) is 5.54. The number of allylic oxidation sites excluding steroid dienone is 2. The van der Waals surface area contributed by atoms with Crippen molar-refractivity contribution in [2.75, 3.05) is 6.54 Å². The minimum absolute atomic E-state index is 0.185. The summed E-state index contributed by atoms with van der Waals surface area (Å²) in [4.78, 5) is 10.7. The molecule has 2 rings (SSSR count). The number of carboxylic acid groups (broad SMARTS) is 1. The first-order valence-electron chi connectivity index (χ1n) is 4.36. The number of thiol groups is 1. The van der Waals surface area contributed by atoms with Crippen LogP contribution in [-0.2, 0) is 4.79 Å². The van der Waals surface area contributed by atoms with Crippen LogP contribution in [0.1, 0.15) is 6.42 Å². The summed E-state index contributed by atoms with van der Waals surface area (Å²) in [7, 11) is -0.185. The fourth-order valence-electron chi connectivity index (χ4n) is 1.72. The summed E-state index contributed by atoms with van der Waals surface area (Å²) in [6.07, 6.45) is 4.88. The van der Waals surface area contributed by atoms with Gasteiger partial charge >= 0.3 is 5.97 Å². The van der Waals surface area contributed by atoms with Gasteiger partial charge < -0.3 is 10.4 Å². The molecular formula is C9H13NO2S. The first kappa shape index (κ1) is 8.84. The average molecular weight is 199 g/mol. The van der Waals surface area contributed by atoms with E-state index in [9.17, 15) is 4.79 Å². The first-order chi connectivity index (χ1) is 6.27. The number of aliphatic carboxylic acids is 1. The predicted molar refractivity (Wildman–Crippen MR) is 55.1 cm³/mol. The molecule has 0 aromatic carbocycles. The Bertz CT molecular complexity index is 263. The van der Waals surface area contributed by atoms with Crippen LogP contribution in [-0.4, -0.2) is 28.9 Å². The number of rotatable bonds is 2. The lowest BCUT2D eigenvalue weighted by atomic mass is 10.2. The van der Waals surface area contributed by atoms with E-state index in [1.54, 1.807) is 0 Å². The molecule has 0 bridgehead atoms. The van der Waals surface area contributed by atoms with Crippen molar-refractivity contribution < 1.29 is 9.90 Å². The van der Waals surface area contributed by atoms with Crippen molar-refractivity contribution >= 4 is 16.9 Å². The van der Waals surface area contributed by atoms with Crippen LogP contribution in [0.5, 0.6) is 0 Å². The summed E-state index contributed by atoms with van der Waals surface area (Å²) in [6, 6.07) is -0.324. The van der Waals surface area contributed by atoms with Crippen molar-refractivity contribution in [1.29, 1.82) is 0 Å². The molecular weight excluding hydrogens is 186 g/mol. The topological polar surface area (TPSA) is 49.3 Å². The fraction of sp³-hybridized carbons (Fsp3) is 0.444. The Balaban J connectivity index is 1.94. The number of carboxylic acids is 1. The molecule has 0 aromatic rings. The minimum atomic E-state index is -0.718. The maximum absolute atomic E-state index is 10.7. The van der Waals surface area contributed by atoms with Crippen LogP contribution in [0.4, 0.5) is 0 Å². The molecule has 0 unspecified atom stereocenters. The summed E-state index contributed by atoms with van der Waals surface area (Å²) in [5.74, 6) is -0.718. The molecule has 2 aliphatic rings. The van der Waals surface area contributed by atoms with Gasteiger partial charge in [0.15, 0.2) is 0 Å². The first-order valence-corrected chi connectivity index (χ1v) is 5.91. The maximum atomic E-state index is 10.7. The summed E-state index contributed by atoms with van der Waals surface area (Å²) in [5.41, 5.74) is 0. The lowest BCUT2D eigenvalue weighted by Gasteiger charge is -2.17. The van der Waals surface area contributed by atoms with Crippen LogP contribution in [0.25, 0.3) is 0 Å². The van der Waals surface area contributed by atoms with Crippen molar-refractivity contribution in [2.24, 2.45) is 0 Å². The molecule has 1 fully saturated rings. The second kappa shape index (κ2) is 3.55. The van der Waals surface area contributed by atoms with Crippen molar-refractivity contribution in [3.63, 3.8) is 0 Å². The van der Waals surface area contributed by atoms with Gasteiger partial charge in [-0.15, -0.1) is 0 Å². The Morgan fingerprint density at radius 1 is 1.46 bits per heavy atom. The number of hydrogen-bond acceptors (Lipinski definition) is 2. The highest BCUT2D eigenvalue weighted by Crippen LogP contribution is 2.41. The third-order valence-corrected chi connectivity index (χ3v) is 4.72. The normalized spacial score (nSPS) is 34.3. The highest BCUT2D eigenvalue weighted by molar-refractivity contribution is 8.22. The van der Waals surface area contributed by atoms with Crippen molar-refractivity contribution in [3.05, 3.63) is 23.0 Å². The van der Waals surface area contributed by atoms with Crippen molar-refractivity contribution in [1.82, 2.24) is 5.32 Å². The van der Waals surface area contributed by atoms with Gasteiger partial charge in [-0.25, -0.2) is 10.9 Å². The van der Waals surface area contributed by atoms with E-state index in [2.05, 4.69) is 28.3 Å². The highest BCUT2D eigenvalue weighted by atomic mass is 32.2. The van der Waals surface area contributed by atoms with Crippen LogP contribution in [0, 0.1) is 0 Å². The largest absolute Gasteiger partial charge is 0.480 e. The van der Waals surface area contributed by atoms with E-state index in [0.717, 1.165) is 13.0 Å². The van der Waals surface area contributed by atoms with Gasteiger partial charge in [-0.3, -0.25) is 4.79 Å².